The molecule has 2 fully saturated rings. The molecular weight excluding hydrogens is 225 g/mol. The third-order valence-electron chi connectivity index (χ3n) is 4.84. The first-order valence-corrected chi connectivity index (χ1v) is 7.18. The largest absolute Gasteiger partial charge is 0.312 e. The summed E-state index contributed by atoms with van der Waals surface area (Å²) < 4.78 is 13.1. The van der Waals surface area contributed by atoms with Crippen molar-refractivity contribution >= 4 is 0 Å². The van der Waals surface area contributed by atoms with Crippen LogP contribution in [0.2, 0.25) is 0 Å². The van der Waals surface area contributed by atoms with Crippen molar-refractivity contribution in [2.24, 2.45) is 17.8 Å². The molecule has 3 unspecified atom stereocenters. The number of benzene rings is 1. The Hall–Kier alpha value is -0.890. The van der Waals surface area contributed by atoms with E-state index >= 15 is 0 Å². The molecule has 0 radical (unpaired) electrons. The fourth-order valence-electron chi connectivity index (χ4n) is 3.85. The molecule has 0 saturated heterocycles. The molecular formula is C16H22FN. The maximum atomic E-state index is 13.1. The van der Waals surface area contributed by atoms with Crippen molar-refractivity contribution in [1.82, 2.24) is 5.32 Å². The standard InChI is InChI=1S/C16H22FN/c1-11-6-13(3-5-16(11)17)9-18-10-15-8-12-2-4-14(15)7-12/h3,5-6,12,14-15,18H,2,4,7-10H2,1H3. The molecule has 0 aromatic heterocycles. The lowest BCUT2D eigenvalue weighted by atomic mass is 9.89. The molecule has 18 heavy (non-hydrogen) atoms. The van der Waals surface area contributed by atoms with Crippen molar-refractivity contribution in [2.75, 3.05) is 6.54 Å². The maximum absolute atomic E-state index is 13.1. The predicted octanol–water partition coefficient (Wildman–Crippen LogP) is 3.66. The molecule has 0 aliphatic heterocycles. The van der Waals surface area contributed by atoms with Crippen molar-refractivity contribution in [3.05, 3.63) is 35.1 Å². The molecule has 2 aliphatic carbocycles. The zero-order valence-corrected chi connectivity index (χ0v) is 11.1. The van der Waals surface area contributed by atoms with E-state index in [0.29, 0.717) is 0 Å². The molecule has 2 aliphatic rings. The van der Waals surface area contributed by atoms with E-state index in [1.165, 1.54) is 31.2 Å². The molecule has 2 saturated carbocycles. The van der Waals surface area contributed by atoms with Gasteiger partial charge in [-0.25, -0.2) is 4.39 Å². The Balaban J connectivity index is 1.48. The number of fused-ring (bicyclic) bond motifs is 2. The number of hydrogen-bond acceptors (Lipinski definition) is 1. The molecule has 0 heterocycles. The zero-order valence-electron chi connectivity index (χ0n) is 11.1. The molecule has 1 aromatic rings. The van der Waals surface area contributed by atoms with Gasteiger partial charge in [0.15, 0.2) is 0 Å². The molecule has 3 atom stereocenters. The van der Waals surface area contributed by atoms with Gasteiger partial charge < -0.3 is 5.32 Å². The monoisotopic (exact) mass is 247 g/mol. The topological polar surface area (TPSA) is 12.0 Å². The smallest absolute Gasteiger partial charge is 0.126 e. The average molecular weight is 247 g/mol. The summed E-state index contributed by atoms with van der Waals surface area (Å²) in [7, 11) is 0. The summed E-state index contributed by atoms with van der Waals surface area (Å²) in [4.78, 5) is 0. The van der Waals surface area contributed by atoms with Crippen LogP contribution in [0.15, 0.2) is 18.2 Å². The van der Waals surface area contributed by atoms with Crippen molar-refractivity contribution in [2.45, 2.75) is 39.2 Å². The maximum Gasteiger partial charge on any atom is 0.126 e. The minimum atomic E-state index is -0.105. The van der Waals surface area contributed by atoms with Gasteiger partial charge in [0.2, 0.25) is 0 Å². The van der Waals surface area contributed by atoms with E-state index in [4.69, 9.17) is 0 Å². The van der Waals surface area contributed by atoms with Crippen LogP contribution in [-0.4, -0.2) is 6.54 Å². The van der Waals surface area contributed by atoms with Crippen molar-refractivity contribution in [3.8, 4) is 0 Å². The molecule has 98 valence electrons. The summed E-state index contributed by atoms with van der Waals surface area (Å²) in [6.07, 6.45) is 5.83. The highest BCUT2D eigenvalue weighted by Gasteiger charge is 2.38. The third kappa shape index (κ3) is 2.44. The van der Waals surface area contributed by atoms with Crippen LogP contribution in [0.1, 0.15) is 36.8 Å². The summed E-state index contributed by atoms with van der Waals surface area (Å²) in [5.41, 5.74) is 1.94. The summed E-state index contributed by atoms with van der Waals surface area (Å²) in [5, 5.41) is 3.55. The highest BCUT2D eigenvalue weighted by atomic mass is 19.1. The lowest BCUT2D eigenvalue weighted by Crippen LogP contribution is -2.26. The van der Waals surface area contributed by atoms with Gasteiger partial charge in [-0.05, 0) is 67.7 Å². The van der Waals surface area contributed by atoms with Gasteiger partial charge in [0.1, 0.15) is 5.82 Å². The van der Waals surface area contributed by atoms with Crippen LogP contribution in [0.3, 0.4) is 0 Å². The fourth-order valence-corrected chi connectivity index (χ4v) is 3.85. The summed E-state index contributed by atoms with van der Waals surface area (Å²) >= 11 is 0. The van der Waals surface area contributed by atoms with Crippen LogP contribution in [-0.2, 0) is 6.54 Å². The number of halogens is 1. The Labute approximate surface area is 109 Å². The van der Waals surface area contributed by atoms with Gasteiger partial charge in [0.25, 0.3) is 0 Å². The van der Waals surface area contributed by atoms with Crippen LogP contribution >= 0.6 is 0 Å². The van der Waals surface area contributed by atoms with E-state index < -0.39 is 0 Å². The van der Waals surface area contributed by atoms with E-state index in [1.807, 2.05) is 19.1 Å². The third-order valence-corrected chi connectivity index (χ3v) is 4.84. The van der Waals surface area contributed by atoms with Gasteiger partial charge in [0.05, 0.1) is 0 Å². The van der Waals surface area contributed by atoms with E-state index in [0.717, 1.165) is 36.4 Å². The Kier molecular flexibility index (Phi) is 3.38. The first-order chi connectivity index (χ1) is 8.72. The Bertz CT molecular complexity index is 429. The van der Waals surface area contributed by atoms with E-state index in [-0.39, 0.29) is 5.82 Å². The minimum Gasteiger partial charge on any atom is -0.312 e. The van der Waals surface area contributed by atoms with Crippen LogP contribution in [0, 0.1) is 30.5 Å². The predicted molar refractivity (Wildman–Crippen MR) is 71.8 cm³/mol. The molecule has 1 aromatic carbocycles. The Morgan fingerprint density at radius 3 is 2.83 bits per heavy atom. The van der Waals surface area contributed by atoms with E-state index in [1.54, 1.807) is 6.07 Å². The van der Waals surface area contributed by atoms with Crippen LogP contribution in [0.4, 0.5) is 4.39 Å². The van der Waals surface area contributed by atoms with Crippen LogP contribution in [0.5, 0.6) is 0 Å². The van der Waals surface area contributed by atoms with Crippen molar-refractivity contribution in [3.63, 3.8) is 0 Å². The van der Waals surface area contributed by atoms with Crippen molar-refractivity contribution in [1.29, 1.82) is 0 Å². The van der Waals surface area contributed by atoms with Crippen molar-refractivity contribution < 1.29 is 4.39 Å². The van der Waals surface area contributed by atoms with Gasteiger partial charge >= 0.3 is 0 Å². The summed E-state index contributed by atoms with van der Waals surface area (Å²) in [5.74, 6) is 2.80. The number of aryl methyl sites for hydroxylation is 1. The summed E-state index contributed by atoms with van der Waals surface area (Å²) in [6.45, 7) is 3.83. The normalized spacial score (nSPS) is 30.0. The van der Waals surface area contributed by atoms with Gasteiger partial charge in [-0.3, -0.25) is 0 Å². The number of rotatable bonds is 4. The van der Waals surface area contributed by atoms with E-state index in [2.05, 4.69) is 5.32 Å². The average Bonchev–Trinajstić information content (AvgIpc) is 2.96. The van der Waals surface area contributed by atoms with Gasteiger partial charge in [0, 0.05) is 6.54 Å². The first kappa shape index (κ1) is 12.2. The highest BCUT2D eigenvalue weighted by Crippen LogP contribution is 2.47. The zero-order chi connectivity index (χ0) is 12.5. The highest BCUT2D eigenvalue weighted by molar-refractivity contribution is 5.23. The molecule has 0 amide bonds. The summed E-state index contributed by atoms with van der Waals surface area (Å²) in [6, 6.07) is 5.41. The quantitative estimate of drug-likeness (QED) is 0.856. The van der Waals surface area contributed by atoms with Crippen LogP contribution in [0.25, 0.3) is 0 Å². The SMILES string of the molecule is Cc1cc(CNCC2CC3CCC2C3)ccc1F. The van der Waals surface area contributed by atoms with Gasteiger partial charge in [-0.2, -0.15) is 0 Å². The number of hydrogen-bond donors (Lipinski definition) is 1. The molecule has 0 spiro atoms. The molecule has 3 rings (SSSR count). The number of nitrogens with one attached hydrogen (secondary N) is 1. The van der Waals surface area contributed by atoms with Crippen LogP contribution < -0.4 is 5.32 Å². The molecule has 1 nitrogen and oxygen atoms in total. The van der Waals surface area contributed by atoms with Gasteiger partial charge in [-0.15, -0.1) is 0 Å². The molecule has 2 bridgehead atoms. The molecule has 1 N–H and O–H groups in total. The Morgan fingerprint density at radius 2 is 2.17 bits per heavy atom. The second kappa shape index (κ2) is 5.00. The second-order valence-corrected chi connectivity index (χ2v) is 6.15. The lowest BCUT2D eigenvalue weighted by Gasteiger charge is -2.22. The second-order valence-electron chi connectivity index (χ2n) is 6.15. The lowest BCUT2D eigenvalue weighted by molar-refractivity contribution is 0.318. The fraction of sp³-hybridized carbons (Fsp3) is 0.625. The molecule has 2 heteroatoms. The first-order valence-electron chi connectivity index (χ1n) is 7.18. The Morgan fingerprint density at radius 1 is 1.28 bits per heavy atom. The van der Waals surface area contributed by atoms with E-state index in [9.17, 15) is 4.39 Å². The van der Waals surface area contributed by atoms with Gasteiger partial charge in [-0.1, -0.05) is 18.6 Å². The minimum absolute atomic E-state index is 0.105.